The van der Waals surface area contributed by atoms with Gasteiger partial charge in [0.1, 0.15) is 5.84 Å². The van der Waals surface area contributed by atoms with Crippen molar-refractivity contribution in [3.8, 4) is 0 Å². The number of rotatable bonds is 5. The van der Waals surface area contributed by atoms with Gasteiger partial charge < -0.3 is 5.73 Å². The van der Waals surface area contributed by atoms with Crippen LogP contribution in [0.3, 0.4) is 0 Å². The highest BCUT2D eigenvalue weighted by Crippen LogP contribution is 2.22. The summed E-state index contributed by atoms with van der Waals surface area (Å²) < 4.78 is 0. The summed E-state index contributed by atoms with van der Waals surface area (Å²) in [6, 6.07) is 13.2. The quantitative estimate of drug-likeness (QED) is 0.648. The molecule has 0 amide bonds. The van der Waals surface area contributed by atoms with Crippen molar-refractivity contribution >= 4 is 29.0 Å². The lowest BCUT2D eigenvalue weighted by Gasteiger charge is -2.18. The van der Waals surface area contributed by atoms with Crippen LogP contribution in [0.25, 0.3) is 0 Å². The van der Waals surface area contributed by atoms with E-state index in [0.717, 1.165) is 23.2 Å². The molecule has 0 aliphatic carbocycles. The van der Waals surface area contributed by atoms with Crippen molar-refractivity contribution < 1.29 is 0 Å². The summed E-state index contributed by atoms with van der Waals surface area (Å²) in [5, 5.41) is 8.87. The Labute approximate surface area is 134 Å². The molecule has 2 aromatic rings. The zero-order valence-corrected chi connectivity index (χ0v) is 13.2. The molecule has 0 aliphatic rings. The first kappa shape index (κ1) is 15.8. The molecule has 2 aromatic carbocycles. The summed E-state index contributed by atoms with van der Waals surface area (Å²) >= 11 is 12.2. The van der Waals surface area contributed by atoms with E-state index >= 15 is 0 Å². The third kappa shape index (κ3) is 4.46. The number of amidine groups is 1. The van der Waals surface area contributed by atoms with Gasteiger partial charge in [0.25, 0.3) is 0 Å². The Balaban J connectivity index is 2.08. The van der Waals surface area contributed by atoms with E-state index in [9.17, 15) is 0 Å². The van der Waals surface area contributed by atoms with E-state index in [-0.39, 0.29) is 5.84 Å². The minimum absolute atomic E-state index is 0.0809. The fraction of sp³-hybridized carbons (Fsp3) is 0.188. The van der Waals surface area contributed by atoms with Crippen LogP contribution in [0.15, 0.2) is 42.5 Å². The van der Waals surface area contributed by atoms with Crippen LogP contribution in [-0.4, -0.2) is 17.8 Å². The van der Waals surface area contributed by atoms with Gasteiger partial charge in [0.05, 0.1) is 0 Å². The number of hydrogen-bond acceptors (Lipinski definition) is 2. The van der Waals surface area contributed by atoms with Crippen LogP contribution in [0.4, 0.5) is 0 Å². The highest BCUT2D eigenvalue weighted by molar-refractivity contribution is 6.33. The highest BCUT2D eigenvalue weighted by Gasteiger charge is 2.07. The van der Waals surface area contributed by atoms with Gasteiger partial charge in [0.15, 0.2) is 0 Å². The van der Waals surface area contributed by atoms with Gasteiger partial charge in [-0.1, -0.05) is 41.4 Å². The summed E-state index contributed by atoms with van der Waals surface area (Å²) in [5.74, 6) is 0.0809. The summed E-state index contributed by atoms with van der Waals surface area (Å²) in [4.78, 5) is 2.14. The standard InChI is InChI=1S/C16H17Cl2N3/c1-21(10-13-8-14(17)5-6-15(13)18)9-11-3-2-4-12(7-11)16(19)20/h2-8H,9-10H2,1H3,(H3,19,20). The number of nitrogen functional groups attached to an aromatic ring is 1. The number of benzene rings is 2. The second-order valence-electron chi connectivity index (χ2n) is 5.02. The van der Waals surface area contributed by atoms with Gasteiger partial charge in [-0.05, 0) is 42.4 Å². The molecule has 3 nitrogen and oxygen atoms in total. The molecule has 5 heteroatoms. The molecule has 0 saturated heterocycles. The SMILES string of the molecule is CN(Cc1cccc(C(=N)N)c1)Cc1cc(Cl)ccc1Cl. The Kier molecular flexibility index (Phi) is 5.23. The molecule has 0 bridgehead atoms. The predicted octanol–water partition coefficient (Wildman–Crippen LogP) is 3.91. The Hall–Kier alpha value is -1.55. The number of hydrogen-bond donors (Lipinski definition) is 2. The zero-order valence-electron chi connectivity index (χ0n) is 11.7. The van der Waals surface area contributed by atoms with Gasteiger partial charge >= 0.3 is 0 Å². The third-order valence-electron chi connectivity index (χ3n) is 3.14. The van der Waals surface area contributed by atoms with E-state index in [1.165, 1.54) is 0 Å². The van der Waals surface area contributed by atoms with Crippen LogP contribution in [0.1, 0.15) is 16.7 Å². The molecule has 3 N–H and O–H groups in total. The Morgan fingerprint density at radius 3 is 2.62 bits per heavy atom. The number of nitrogens with two attached hydrogens (primary N) is 1. The van der Waals surface area contributed by atoms with Gasteiger partial charge in [0.2, 0.25) is 0 Å². The lowest BCUT2D eigenvalue weighted by Crippen LogP contribution is -2.18. The lowest BCUT2D eigenvalue weighted by molar-refractivity contribution is 0.319. The second kappa shape index (κ2) is 6.94. The maximum atomic E-state index is 7.48. The molecule has 0 aliphatic heterocycles. The summed E-state index contributed by atoms with van der Waals surface area (Å²) in [7, 11) is 2.01. The van der Waals surface area contributed by atoms with Crippen LogP contribution < -0.4 is 5.73 Å². The van der Waals surface area contributed by atoms with Gasteiger partial charge in [-0.25, -0.2) is 0 Å². The van der Waals surface area contributed by atoms with Crippen molar-refractivity contribution in [1.82, 2.24) is 4.90 Å². The first-order valence-corrected chi connectivity index (χ1v) is 7.27. The smallest absolute Gasteiger partial charge is 0.122 e. The van der Waals surface area contributed by atoms with Crippen LogP contribution in [-0.2, 0) is 13.1 Å². The molecule has 0 unspecified atom stereocenters. The molecule has 0 saturated carbocycles. The van der Waals surface area contributed by atoms with E-state index < -0.39 is 0 Å². The molecule has 21 heavy (non-hydrogen) atoms. The molecule has 0 spiro atoms. The monoisotopic (exact) mass is 321 g/mol. The Morgan fingerprint density at radius 2 is 1.90 bits per heavy atom. The summed E-state index contributed by atoms with van der Waals surface area (Å²) in [6.07, 6.45) is 0. The van der Waals surface area contributed by atoms with Crippen molar-refractivity contribution in [2.75, 3.05) is 7.05 Å². The van der Waals surface area contributed by atoms with E-state index in [1.54, 1.807) is 6.07 Å². The lowest BCUT2D eigenvalue weighted by atomic mass is 10.1. The fourth-order valence-electron chi connectivity index (χ4n) is 2.16. The van der Waals surface area contributed by atoms with E-state index in [1.807, 2.05) is 43.4 Å². The summed E-state index contributed by atoms with van der Waals surface area (Å²) in [6.45, 7) is 1.44. The normalized spacial score (nSPS) is 10.9. The molecule has 0 atom stereocenters. The molecule has 0 heterocycles. The maximum Gasteiger partial charge on any atom is 0.122 e. The van der Waals surface area contributed by atoms with Crippen LogP contribution >= 0.6 is 23.2 Å². The van der Waals surface area contributed by atoms with Crippen molar-refractivity contribution in [2.24, 2.45) is 5.73 Å². The number of halogens is 2. The van der Waals surface area contributed by atoms with Crippen molar-refractivity contribution in [1.29, 1.82) is 5.41 Å². The van der Waals surface area contributed by atoms with Crippen LogP contribution in [0.2, 0.25) is 10.0 Å². The molecular formula is C16H17Cl2N3. The summed E-state index contributed by atoms with van der Waals surface area (Å²) in [5.41, 5.74) is 8.34. The first-order valence-electron chi connectivity index (χ1n) is 6.51. The van der Waals surface area contributed by atoms with Gasteiger partial charge in [0, 0.05) is 28.7 Å². The maximum absolute atomic E-state index is 7.48. The number of nitrogens with one attached hydrogen (secondary N) is 1. The molecular weight excluding hydrogens is 305 g/mol. The first-order chi connectivity index (χ1) is 9.95. The third-order valence-corrected chi connectivity index (χ3v) is 3.74. The molecule has 0 aromatic heterocycles. The zero-order chi connectivity index (χ0) is 15.4. The van der Waals surface area contributed by atoms with Crippen LogP contribution in [0.5, 0.6) is 0 Å². The minimum atomic E-state index is 0.0809. The van der Waals surface area contributed by atoms with Crippen molar-refractivity contribution in [2.45, 2.75) is 13.1 Å². The van der Waals surface area contributed by atoms with E-state index in [4.69, 9.17) is 34.3 Å². The highest BCUT2D eigenvalue weighted by atomic mass is 35.5. The predicted molar refractivity (Wildman–Crippen MR) is 89.1 cm³/mol. The van der Waals surface area contributed by atoms with E-state index in [0.29, 0.717) is 16.6 Å². The molecule has 110 valence electrons. The Bertz CT molecular complexity index is 656. The topological polar surface area (TPSA) is 53.1 Å². The van der Waals surface area contributed by atoms with Gasteiger partial charge in [-0.2, -0.15) is 0 Å². The van der Waals surface area contributed by atoms with Crippen LogP contribution in [0, 0.1) is 5.41 Å². The second-order valence-corrected chi connectivity index (χ2v) is 5.87. The van der Waals surface area contributed by atoms with Gasteiger partial charge in [-0.15, -0.1) is 0 Å². The number of nitrogens with zero attached hydrogens (tertiary/aromatic N) is 1. The minimum Gasteiger partial charge on any atom is -0.384 e. The molecule has 0 fully saturated rings. The average Bonchev–Trinajstić information content (AvgIpc) is 2.43. The van der Waals surface area contributed by atoms with E-state index in [2.05, 4.69) is 4.90 Å². The molecule has 2 rings (SSSR count). The van der Waals surface area contributed by atoms with Gasteiger partial charge in [-0.3, -0.25) is 10.3 Å². The van der Waals surface area contributed by atoms with Crippen molar-refractivity contribution in [3.63, 3.8) is 0 Å². The average molecular weight is 322 g/mol. The van der Waals surface area contributed by atoms with Crippen molar-refractivity contribution in [3.05, 3.63) is 69.2 Å². The fourth-order valence-corrected chi connectivity index (χ4v) is 2.53. The molecule has 0 radical (unpaired) electrons. The Morgan fingerprint density at radius 1 is 1.14 bits per heavy atom. The largest absolute Gasteiger partial charge is 0.384 e.